The third-order valence-electron chi connectivity index (χ3n) is 4.22. The van der Waals surface area contributed by atoms with Gasteiger partial charge in [-0.05, 0) is 45.2 Å². The van der Waals surface area contributed by atoms with Gasteiger partial charge in [0.25, 0.3) is 0 Å². The van der Waals surface area contributed by atoms with E-state index in [1.54, 1.807) is 6.20 Å². The summed E-state index contributed by atoms with van der Waals surface area (Å²) >= 11 is 0. The van der Waals surface area contributed by atoms with Crippen molar-refractivity contribution >= 4 is 0 Å². The van der Waals surface area contributed by atoms with Crippen LogP contribution in [0.15, 0.2) is 18.5 Å². The van der Waals surface area contributed by atoms with Crippen LogP contribution in [0, 0.1) is 11.8 Å². The second kappa shape index (κ2) is 6.10. The number of rotatable bonds is 4. The molecule has 2 N–H and O–H groups in total. The van der Waals surface area contributed by atoms with E-state index >= 15 is 0 Å². The molecule has 112 valence electrons. The van der Waals surface area contributed by atoms with Gasteiger partial charge in [-0.25, -0.2) is 0 Å². The Hall–Kier alpha value is -1.13. The number of ether oxygens (including phenoxy) is 2. The van der Waals surface area contributed by atoms with Gasteiger partial charge in [-0.3, -0.25) is 4.98 Å². The molecule has 1 aliphatic rings. The van der Waals surface area contributed by atoms with Crippen LogP contribution in [0.3, 0.4) is 0 Å². The molecule has 0 spiro atoms. The number of aromatic nitrogens is 1. The van der Waals surface area contributed by atoms with Crippen molar-refractivity contribution in [1.82, 2.24) is 4.98 Å². The Bertz CT molecular complexity index is 450. The van der Waals surface area contributed by atoms with Crippen LogP contribution in [0.1, 0.15) is 46.2 Å². The number of hydrogen-bond donors (Lipinski definition) is 1. The minimum absolute atomic E-state index is 0.0758. The second-order valence-corrected chi connectivity index (χ2v) is 6.13. The van der Waals surface area contributed by atoms with Gasteiger partial charge in [-0.1, -0.05) is 6.92 Å². The summed E-state index contributed by atoms with van der Waals surface area (Å²) in [6.45, 7) is 10.4. The summed E-state index contributed by atoms with van der Waals surface area (Å²) in [4.78, 5) is 4.25. The van der Waals surface area contributed by atoms with Gasteiger partial charge < -0.3 is 15.2 Å². The lowest BCUT2D eigenvalue weighted by Gasteiger charge is -2.26. The average Bonchev–Trinajstić information content (AvgIpc) is 2.62. The lowest BCUT2D eigenvalue weighted by atomic mass is 9.81. The molecule has 0 aromatic carbocycles. The molecule has 1 aliphatic heterocycles. The Labute approximate surface area is 121 Å². The van der Waals surface area contributed by atoms with Crippen molar-refractivity contribution in [2.75, 3.05) is 0 Å². The third-order valence-corrected chi connectivity index (χ3v) is 4.22. The second-order valence-electron chi connectivity index (χ2n) is 6.13. The third kappa shape index (κ3) is 3.13. The molecule has 4 heteroatoms. The lowest BCUT2D eigenvalue weighted by Crippen LogP contribution is -2.30. The molecule has 5 unspecified atom stereocenters. The number of pyridine rings is 1. The molecular formula is C16H26N2O2. The van der Waals surface area contributed by atoms with E-state index in [-0.39, 0.29) is 24.4 Å². The highest BCUT2D eigenvalue weighted by Crippen LogP contribution is 2.39. The monoisotopic (exact) mass is 278 g/mol. The number of nitrogens with two attached hydrogens (primary N) is 1. The van der Waals surface area contributed by atoms with Gasteiger partial charge in [0.2, 0.25) is 0 Å². The van der Waals surface area contributed by atoms with Crippen LogP contribution in [0.4, 0.5) is 0 Å². The Morgan fingerprint density at radius 1 is 1.20 bits per heavy atom. The van der Waals surface area contributed by atoms with Crippen LogP contribution in [0.5, 0.6) is 5.75 Å². The molecule has 0 radical (unpaired) electrons. The van der Waals surface area contributed by atoms with Crippen LogP contribution >= 0.6 is 0 Å². The summed E-state index contributed by atoms with van der Waals surface area (Å²) in [5, 5.41) is 0. The highest BCUT2D eigenvalue weighted by Gasteiger charge is 2.40. The molecule has 0 bridgehead atoms. The maximum Gasteiger partial charge on any atom is 0.138 e. The van der Waals surface area contributed by atoms with Gasteiger partial charge in [0, 0.05) is 18.2 Å². The smallest absolute Gasteiger partial charge is 0.138 e. The summed E-state index contributed by atoms with van der Waals surface area (Å²) in [6.07, 6.45) is 4.13. The molecule has 5 atom stereocenters. The summed E-state index contributed by atoms with van der Waals surface area (Å²) in [5.74, 6) is 1.52. The van der Waals surface area contributed by atoms with Crippen molar-refractivity contribution in [3.8, 4) is 5.75 Å². The SMILES string of the molecule is CC(C)Oc1cncc(C(N)C2C(C)OC(C)C2C)c1. The number of hydrogen-bond acceptors (Lipinski definition) is 4. The molecule has 0 aliphatic carbocycles. The zero-order valence-corrected chi connectivity index (χ0v) is 13.0. The van der Waals surface area contributed by atoms with E-state index in [4.69, 9.17) is 15.2 Å². The zero-order valence-electron chi connectivity index (χ0n) is 13.0. The van der Waals surface area contributed by atoms with Gasteiger partial charge in [-0.2, -0.15) is 0 Å². The highest BCUT2D eigenvalue weighted by atomic mass is 16.5. The van der Waals surface area contributed by atoms with Gasteiger partial charge >= 0.3 is 0 Å². The predicted octanol–water partition coefficient (Wildman–Crippen LogP) is 2.93. The standard InChI is InChI=1S/C16H26N2O2/c1-9(2)19-14-6-13(7-18-8-14)16(17)15-10(3)11(4)20-12(15)5/h6-12,15-16H,17H2,1-5H3. The lowest BCUT2D eigenvalue weighted by molar-refractivity contribution is 0.0489. The topological polar surface area (TPSA) is 57.4 Å². The summed E-state index contributed by atoms with van der Waals surface area (Å²) < 4.78 is 11.6. The Morgan fingerprint density at radius 2 is 1.90 bits per heavy atom. The predicted molar refractivity (Wildman–Crippen MR) is 79.6 cm³/mol. The van der Waals surface area contributed by atoms with Crippen molar-refractivity contribution in [2.45, 2.75) is 59.0 Å². The Morgan fingerprint density at radius 3 is 2.45 bits per heavy atom. The van der Waals surface area contributed by atoms with E-state index in [2.05, 4.69) is 25.8 Å². The molecule has 2 heterocycles. The molecule has 1 fully saturated rings. The van der Waals surface area contributed by atoms with Crippen molar-refractivity contribution in [1.29, 1.82) is 0 Å². The minimum Gasteiger partial charge on any atom is -0.489 e. The first-order chi connectivity index (χ1) is 9.40. The fourth-order valence-electron chi connectivity index (χ4n) is 3.09. The van der Waals surface area contributed by atoms with E-state index in [1.807, 2.05) is 26.1 Å². The highest BCUT2D eigenvalue weighted by molar-refractivity contribution is 5.27. The fourth-order valence-corrected chi connectivity index (χ4v) is 3.09. The van der Waals surface area contributed by atoms with Crippen LogP contribution in [-0.2, 0) is 4.74 Å². The quantitative estimate of drug-likeness (QED) is 0.920. The molecule has 1 aromatic rings. The molecule has 0 amide bonds. The molecule has 2 rings (SSSR count). The minimum atomic E-state index is -0.0758. The van der Waals surface area contributed by atoms with Gasteiger partial charge in [0.15, 0.2) is 0 Å². The first kappa shape index (κ1) is 15.3. The normalized spacial score (nSPS) is 31.6. The van der Waals surface area contributed by atoms with Crippen LogP contribution in [0.2, 0.25) is 0 Å². The molecular weight excluding hydrogens is 252 g/mol. The molecule has 4 nitrogen and oxygen atoms in total. The Balaban J connectivity index is 2.18. The molecule has 1 saturated heterocycles. The van der Waals surface area contributed by atoms with Crippen LogP contribution in [-0.4, -0.2) is 23.3 Å². The average molecular weight is 278 g/mol. The van der Waals surface area contributed by atoms with Crippen molar-refractivity contribution < 1.29 is 9.47 Å². The van der Waals surface area contributed by atoms with Crippen molar-refractivity contribution in [3.63, 3.8) is 0 Å². The zero-order chi connectivity index (χ0) is 14.9. The Kier molecular flexibility index (Phi) is 4.66. The first-order valence-corrected chi connectivity index (χ1v) is 7.42. The van der Waals surface area contributed by atoms with Crippen LogP contribution < -0.4 is 10.5 Å². The van der Waals surface area contributed by atoms with Gasteiger partial charge in [0.1, 0.15) is 5.75 Å². The van der Waals surface area contributed by atoms with Crippen LogP contribution in [0.25, 0.3) is 0 Å². The number of nitrogens with zero attached hydrogens (tertiary/aromatic N) is 1. The summed E-state index contributed by atoms with van der Waals surface area (Å²) in [7, 11) is 0. The fraction of sp³-hybridized carbons (Fsp3) is 0.688. The van der Waals surface area contributed by atoms with E-state index in [9.17, 15) is 0 Å². The van der Waals surface area contributed by atoms with Crippen molar-refractivity contribution in [2.24, 2.45) is 17.6 Å². The van der Waals surface area contributed by atoms with Gasteiger partial charge in [0.05, 0.1) is 24.5 Å². The van der Waals surface area contributed by atoms with Gasteiger partial charge in [-0.15, -0.1) is 0 Å². The largest absolute Gasteiger partial charge is 0.489 e. The molecule has 0 saturated carbocycles. The molecule has 1 aromatic heterocycles. The van der Waals surface area contributed by atoms with E-state index in [1.165, 1.54) is 0 Å². The van der Waals surface area contributed by atoms with Crippen molar-refractivity contribution in [3.05, 3.63) is 24.0 Å². The maximum absolute atomic E-state index is 6.47. The van der Waals surface area contributed by atoms with E-state index in [0.29, 0.717) is 11.8 Å². The first-order valence-electron chi connectivity index (χ1n) is 7.42. The van der Waals surface area contributed by atoms with E-state index in [0.717, 1.165) is 11.3 Å². The summed E-state index contributed by atoms with van der Waals surface area (Å²) in [6, 6.07) is 1.92. The van der Waals surface area contributed by atoms with E-state index < -0.39 is 0 Å². The molecule has 20 heavy (non-hydrogen) atoms. The maximum atomic E-state index is 6.47. The summed E-state index contributed by atoms with van der Waals surface area (Å²) in [5.41, 5.74) is 7.49.